The van der Waals surface area contributed by atoms with Gasteiger partial charge in [0.15, 0.2) is 9.84 Å². The van der Waals surface area contributed by atoms with Crippen molar-refractivity contribution >= 4 is 45.4 Å². The summed E-state index contributed by atoms with van der Waals surface area (Å²) in [6, 6.07) is 11.0. The number of nitrogens with zero attached hydrogens (tertiary/aromatic N) is 2. The van der Waals surface area contributed by atoms with Crippen LogP contribution >= 0.6 is 23.7 Å². The fourth-order valence-corrected chi connectivity index (χ4v) is 6.60. The molecule has 1 N–H and O–H groups in total. The van der Waals surface area contributed by atoms with E-state index in [4.69, 9.17) is 0 Å². The largest absolute Gasteiger partial charge is 0.348 e. The molecule has 2 saturated heterocycles. The van der Waals surface area contributed by atoms with Crippen LogP contribution in [0.1, 0.15) is 55.5 Å². The zero-order valence-electron chi connectivity index (χ0n) is 20.9. The number of rotatable bonds is 9. The number of amides is 2. The van der Waals surface area contributed by atoms with Crippen LogP contribution in [0.15, 0.2) is 46.7 Å². The monoisotopic (exact) mass is 553 g/mol. The van der Waals surface area contributed by atoms with Gasteiger partial charge in [-0.25, -0.2) is 8.42 Å². The van der Waals surface area contributed by atoms with E-state index >= 15 is 0 Å². The van der Waals surface area contributed by atoms with Gasteiger partial charge in [0, 0.05) is 37.2 Å². The molecular formula is C26H36ClN3O4S2. The molecule has 2 amide bonds. The van der Waals surface area contributed by atoms with E-state index in [0.29, 0.717) is 17.9 Å². The van der Waals surface area contributed by atoms with Crippen LogP contribution in [-0.2, 0) is 26.0 Å². The van der Waals surface area contributed by atoms with Gasteiger partial charge in [-0.2, -0.15) is 0 Å². The first-order valence-electron chi connectivity index (χ1n) is 12.3. The lowest BCUT2D eigenvalue weighted by Crippen LogP contribution is -2.45. The molecule has 198 valence electrons. The van der Waals surface area contributed by atoms with Crippen molar-refractivity contribution in [3.05, 3.63) is 52.2 Å². The van der Waals surface area contributed by atoms with Gasteiger partial charge in [-0.15, -0.1) is 23.7 Å². The molecule has 1 spiro atoms. The van der Waals surface area contributed by atoms with Crippen LogP contribution in [-0.4, -0.2) is 62.5 Å². The highest BCUT2D eigenvalue weighted by molar-refractivity contribution is 7.90. The second-order valence-electron chi connectivity index (χ2n) is 9.79. The molecule has 7 nitrogen and oxygen atoms in total. The van der Waals surface area contributed by atoms with Gasteiger partial charge in [-0.1, -0.05) is 25.1 Å². The normalized spacial score (nSPS) is 18.7. The first-order chi connectivity index (χ1) is 16.7. The number of likely N-dealkylation sites (tertiary alicyclic amines) is 2. The number of carbonyl (C=O) groups is 2. The number of benzene rings is 1. The van der Waals surface area contributed by atoms with E-state index in [9.17, 15) is 18.0 Å². The lowest BCUT2D eigenvalue weighted by molar-refractivity contribution is -0.139. The third-order valence-electron chi connectivity index (χ3n) is 7.42. The third kappa shape index (κ3) is 6.68. The molecule has 10 heteroatoms. The van der Waals surface area contributed by atoms with Gasteiger partial charge >= 0.3 is 0 Å². The smallest absolute Gasteiger partial charge is 0.229 e. The highest BCUT2D eigenvalue weighted by Gasteiger charge is 2.47. The van der Waals surface area contributed by atoms with E-state index in [1.54, 1.807) is 35.6 Å². The van der Waals surface area contributed by atoms with Crippen LogP contribution in [0.4, 0.5) is 0 Å². The standard InChI is InChI=1S/C26H35N3O4S2.ClH/c1-3-24(30)27-22(23-5-4-18-34-23)10-14-28-15-11-26(12-16-28)13-17-29(25(26)31)19-20-6-8-21(9-7-20)35(2,32)33;/h4-9,18,22H,3,10-17,19H2,1-2H3,(H,27,30);1H. The van der Waals surface area contributed by atoms with Gasteiger partial charge in [0.05, 0.1) is 16.4 Å². The van der Waals surface area contributed by atoms with E-state index in [-0.39, 0.29) is 35.7 Å². The topological polar surface area (TPSA) is 86.8 Å². The molecule has 2 fully saturated rings. The van der Waals surface area contributed by atoms with Gasteiger partial charge < -0.3 is 15.1 Å². The number of carbonyl (C=O) groups excluding carboxylic acids is 2. The second kappa shape index (κ2) is 12.1. The summed E-state index contributed by atoms with van der Waals surface area (Å²) >= 11 is 1.68. The summed E-state index contributed by atoms with van der Waals surface area (Å²) in [6.07, 6.45) is 5.15. The molecule has 0 aliphatic carbocycles. The predicted octanol–water partition coefficient (Wildman–Crippen LogP) is 4.05. The third-order valence-corrected chi connectivity index (χ3v) is 9.53. The van der Waals surface area contributed by atoms with Gasteiger partial charge in [-0.05, 0) is 67.9 Å². The Hall–Kier alpha value is -1.94. The van der Waals surface area contributed by atoms with Crippen LogP contribution < -0.4 is 5.32 Å². The Morgan fingerprint density at radius 1 is 1.11 bits per heavy atom. The van der Waals surface area contributed by atoms with Crippen molar-refractivity contribution in [1.29, 1.82) is 0 Å². The Morgan fingerprint density at radius 3 is 2.36 bits per heavy atom. The van der Waals surface area contributed by atoms with Crippen molar-refractivity contribution < 1.29 is 18.0 Å². The number of thiophene rings is 1. The van der Waals surface area contributed by atoms with Crippen LogP contribution in [0.5, 0.6) is 0 Å². The quantitative estimate of drug-likeness (QED) is 0.506. The Bertz CT molecular complexity index is 1130. The lowest BCUT2D eigenvalue weighted by atomic mass is 9.77. The van der Waals surface area contributed by atoms with Gasteiger partial charge in [0.1, 0.15) is 0 Å². The number of hydrogen-bond donors (Lipinski definition) is 1. The van der Waals surface area contributed by atoms with Crippen molar-refractivity contribution in [3.63, 3.8) is 0 Å². The molecule has 1 aromatic carbocycles. The van der Waals surface area contributed by atoms with E-state index in [2.05, 4.69) is 16.3 Å². The van der Waals surface area contributed by atoms with Gasteiger partial charge in [0.2, 0.25) is 11.8 Å². The Labute approximate surface area is 224 Å². The second-order valence-corrected chi connectivity index (χ2v) is 12.8. The molecule has 3 heterocycles. The molecule has 1 atom stereocenters. The lowest BCUT2D eigenvalue weighted by Gasteiger charge is -2.38. The van der Waals surface area contributed by atoms with Crippen molar-refractivity contribution in [2.24, 2.45) is 5.41 Å². The maximum absolute atomic E-state index is 13.4. The predicted molar refractivity (Wildman–Crippen MR) is 145 cm³/mol. The van der Waals surface area contributed by atoms with Crippen LogP contribution in [0, 0.1) is 5.41 Å². The summed E-state index contributed by atoms with van der Waals surface area (Å²) in [5.74, 6) is 0.305. The van der Waals surface area contributed by atoms with Crippen molar-refractivity contribution in [1.82, 2.24) is 15.1 Å². The molecule has 1 unspecified atom stereocenters. The molecule has 4 rings (SSSR count). The Morgan fingerprint density at radius 2 is 1.78 bits per heavy atom. The summed E-state index contributed by atoms with van der Waals surface area (Å²) in [7, 11) is -3.22. The average Bonchev–Trinajstić information content (AvgIpc) is 3.48. The van der Waals surface area contributed by atoms with Crippen LogP contribution in [0.2, 0.25) is 0 Å². The highest BCUT2D eigenvalue weighted by Crippen LogP contribution is 2.42. The summed E-state index contributed by atoms with van der Waals surface area (Å²) in [4.78, 5) is 31.2. The Kier molecular flexibility index (Phi) is 9.60. The average molecular weight is 554 g/mol. The SMILES string of the molecule is CCC(=O)NC(CCN1CCC2(CC1)CCN(Cc1ccc(S(C)(=O)=O)cc1)C2=O)c1cccs1.Cl. The molecule has 2 aliphatic rings. The molecule has 0 bridgehead atoms. The summed E-state index contributed by atoms with van der Waals surface area (Å²) in [6.45, 7) is 5.82. The number of halogens is 1. The highest BCUT2D eigenvalue weighted by atomic mass is 35.5. The zero-order valence-corrected chi connectivity index (χ0v) is 23.4. The summed E-state index contributed by atoms with van der Waals surface area (Å²) < 4.78 is 23.4. The Balaban J connectivity index is 0.00000361. The minimum Gasteiger partial charge on any atom is -0.348 e. The molecule has 0 radical (unpaired) electrons. The summed E-state index contributed by atoms with van der Waals surface area (Å²) in [5.41, 5.74) is 0.682. The first kappa shape index (κ1) is 28.6. The van der Waals surface area contributed by atoms with Crippen LogP contribution in [0.3, 0.4) is 0 Å². The maximum atomic E-state index is 13.4. The minimum absolute atomic E-state index is 0. The molecular weight excluding hydrogens is 518 g/mol. The fourth-order valence-electron chi connectivity index (χ4n) is 5.16. The van der Waals surface area contributed by atoms with Crippen molar-refractivity contribution in [2.75, 3.05) is 32.4 Å². The maximum Gasteiger partial charge on any atom is 0.229 e. The van der Waals surface area contributed by atoms with Crippen molar-refractivity contribution in [3.8, 4) is 0 Å². The number of piperidine rings is 1. The van der Waals surface area contributed by atoms with E-state index in [1.807, 2.05) is 23.3 Å². The van der Waals surface area contributed by atoms with Gasteiger partial charge in [0.25, 0.3) is 0 Å². The molecule has 2 aliphatic heterocycles. The van der Waals surface area contributed by atoms with E-state index in [1.165, 1.54) is 11.1 Å². The zero-order chi connectivity index (χ0) is 25.1. The molecule has 1 aromatic heterocycles. The van der Waals surface area contributed by atoms with E-state index < -0.39 is 9.84 Å². The summed E-state index contributed by atoms with van der Waals surface area (Å²) in [5, 5.41) is 5.20. The fraction of sp³-hybridized carbons (Fsp3) is 0.538. The van der Waals surface area contributed by atoms with Crippen molar-refractivity contribution in [2.45, 2.75) is 56.5 Å². The number of hydrogen-bond acceptors (Lipinski definition) is 6. The number of nitrogens with one attached hydrogen (secondary N) is 1. The van der Waals surface area contributed by atoms with Crippen LogP contribution in [0.25, 0.3) is 0 Å². The van der Waals surface area contributed by atoms with Gasteiger partial charge in [-0.3, -0.25) is 9.59 Å². The minimum atomic E-state index is -3.22. The first-order valence-corrected chi connectivity index (χ1v) is 15.1. The molecule has 2 aromatic rings. The van der Waals surface area contributed by atoms with E-state index in [0.717, 1.165) is 57.4 Å². The molecule has 36 heavy (non-hydrogen) atoms. The number of sulfone groups is 1. The molecule has 0 saturated carbocycles.